The van der Waals surface area contributed by atoms with Gasteiger partial charge in [-0.2, -0.15) is 11.8 Å². The van der Waals surface area contributed by atoms with Crippen LogP contribution < -0.4 is 10.6 Å². The molecule has 94 valence electrons. The zero-order chi connectivity index (χ0) is 11.8. The average molecular weight is 246 g/mol. The SMILES string of the molecule is CCCCCCO.O=C1NC2CSCC2N1. The fraction of sp³-hybridized carbons (Fsp3) is 0.909. The molecule has 16 heavy (non-hydrogen) atoms. The second-order valence-electron chi connectivity index (χ2n) is 4.15. The van der Waals surface area contributed by atoms with Crippen LogP contribution in [0.2, 0.25) is 0 Å². The fourth-order valence-electron chi connectivity index (χ4n) is 1.76. The molecule has 5 heteroatoms. The van der Waals surface area contributed by atoms with Crippen LogP contribution in [0.5, 0.6) is 0 Å². The minimum absolute atomic E-state index is 0.00491. The van der Waals surface area contributed by atoms with Gasteiger partial charge in [-0.05, 0) is 6.42 Å². The lowest BCUT2D eigenvalue weighted by Crippen LogP contribution is -2.31. The number of hydrogen-bond acceptors (Lipinski definition) is 3. The Morgan fingerprint density at radius 3 is 2.38 bits per heavy atom. The van der Waals surface area contributed by atoms with E-state index in [0.717, 1.165) is 17.9 Å². The van der Waals surface area contributed by atoms with Gasteiger partial charge in [0, 0.05) is 18.1 Å². The van der Waals surface area contributed by atoms with E-state index < -0.39 is 0 Å². The number of amides is 2. The van der Waals surface area contributed by atoms with Gasteiger partial charge in [-0.25, -0.2) is 4.79 Å². The predicted octanol–water partition coefficient (Wildman–Crippen LogP) is 1.34. The highest BCUT2D eigenvalue weighted by Gasteiger charge is 2.35. The third kappa shape index (κ3) is 4.61. The van der Waals surface area contributed by atoms with Crippen LogP contribution in [-0.2, 0) is 0 Å². The largest absolute Gasteiger partial charge is 0.396 e. The van der Waals surface area contributed by atoms with Crippen molar-refractivity contribution in [2.45, 2.75) is 44.7 Å². The van der Waals surface area contributed by atoms with Crippen LogP contribution >= 0.6 is 11.8 Å². The Morgan fingerprint density at radius 1 is 1.25 bits per heavy atom. The molecule has 2 amide bonds. The van der Waals surface area contributed by atoms with Gasteiger partial charge >= 0.3 is 6.03 Å². The van der Waals surface area contributed by atoms with Crippen molar-refractivity contribution in [2.24, 2.45) is 0 Å². The van der Waals surface area contributed by atoms with Gasteiger partial charge in [0.2, 0.25) is 0 Å². The molecular formula is C11H22N2O2S. The van der Waals surface area contributed by atoms with Crippen LogP contribution in [0, 0.1) is 0 Å². The number of thioether (sulfide) groups is 1. The third-order valence-electron chi connectivity index (χ3n) is 2.73. The monoisotopic (exact) mass is 246 g/mol. The lowest BCUT2D eigenvalue weighted by molar-refractivity contribution is 0.247. The Kier molecular flexibility index (Phi) is 6.64. The molecule has 2 fully saturated rings. The molecule has 2 aliphatic rings. The van der Waals surface area contributed by atoms with Gasteiger partial charge < -0.3 is 15.7 Å². The summed E-state index contributed by atoms with van der Waals surface area (Å²) in [4.78, 5) is 10.6. The summed E-state index contributed by atoms with van der Waals surface area (Å²) in [6.07, 6.45) is 4.68. The van der Waals surface area contributed by atoms with E-state index in [-0.39, 0.29) is 6.03 Å². The van der Waals surface area contributed by atoms with Gasteiger partial charge in [0.1, 0.15) is 0 Å². The van der Waals surface area contributed by atoms with Crippen molar-refractivity contribution in [3.05, 3.63) is 0 Å². The Balaban J connectivity index is 0.000000168. The molecule has 0 aromatic carbocycles. The van der Waals surface area contributed by atoms with E-state index in [1.54, 1.807) is 0 Å². The van der Waals surface area contributed by atoms with Crippen LogP contribution in [0.15, 0.2) is 0 Å². The summed E-state index contributed by atoms with van der Waals surface area (Å²) in [6.45, 7) is 2.53. The van der Waals surface area contributed by atoms with Gasteiger partial charge in [0.25, 0.3) is 0 Å². The first kappa shape index (κ1) is 13.6. The van der Waals surface area contributed by atoms with Crippen molar-refractivity contribution in [2.75, 3.05) is 18.1 Å². The van der Waals surface area contributed by atoms with Gasteiger partial charge in [-0.1, -0.05) is 26.2 Å². The number of fused-ring (bicyclic) bond motifs is 1. The van der Waals surface area contributed by atoms with E-state index >= 15 is 0 Å². The molecular weight excluding hydrogens is 224 g/mol. The predicted molar refractivity (Wildman–Crippen MR) is 67.8 cm³/mol. The second-order valence-corrected chi connectivity index (χ2v) is 5.23. The van der Waals surface area contributed by atoms with Gasteiger partial charge in [0.05, 0.1) is 12.1 Å². The zero-order valence-corrected chi connectivity index (χ0v) is 10.7. The number of rotatable bonds is 4. The van der Waals surface area contributed by atoms with E-state index in [1.165, 1.54) is 19.3 Å². The smallest absolute Gasteiger partial charge is 0.315 e. The van der Waals surface area contributed by atoms with Crippen LogP contribution in [0.25, 0.3) is 0 Å². The first-order valence-electron chi connectivity index (χ1n) is 6.03. The quantitative estimate of drug-likeness (QED) is 0.518. The van der Waals surface area contributed by atoms with Crippen molar-refractivity contribution < 1.29 is 9.90 Å². The van der Waals surface area contributed by atoms with Gasteiger partial charge in [0.15, 0.2) is 0 Å². The van der Waals surface area contributed by atoms with E-state index in [0.29, 0.717) is 18.7 Å². The molecule has 2 unspecified atom stereocenters. The van der Waals surface area contributed by atoms with Crippen molar-refractivity contribution >= 4 is 17.8 Å². The molecule has 0 spiro atoms. The van der Waals surface area contributed by atoms with Crippen molar-refractivity contribution in [3.63, 3.8) is 0 Å². The Hall–Kier alpha value is -0.420. The Morgan fingerprint density at radius 2 is 1.88 bits per heavy atom. The maximum absolute atomic E-state index is 10.6. The minimum atomic E-state index is 0.00491. The number of carbonyl (C=O) groups is 1. The molecule has 0 aromatic heterocycles. The summed E-state index contributed by atoms with van der Waals surface area (Å²) in [5, 5.41) is 14.0. The molecule has 0 bridgehead atoms. The van der Waals surface area contributed by atoms with E-state index in [9.17, 15) is 4.79 Å². The first-order valence-corrected chi connectivity index (χ1v) is 7.19. The minimum Gasteiger partial charge on any atom is -0.396 e. The summed E-state index contributed by atoms with van der Waals surface area (Å²) in [7, 11) is 0. The summed E-state index contributed by atoms with van der Waals surface area (Å²) >= 11 is 1.89. The third-order valence-corrected chi connectivity index (χ3v) is 3.91. The maximum Gasteiger partial charge on any atom is 0.315 e. The van der Waals surface area contributed by atoms with Crippen LogP contribution in [0.3, 0.4) is 0 Å². The summed E-state index contributed by atoms with van der Waals surface area (Å²) in [5.74, 6) is 2.15. The van der Waals surface area contributed by atoms with Crippen LogP contribution in [0.4, 0.5) is 4.79 Å². The van der Waals surface area contributed by atoms with Gasteiger partial charge in [-0.15, -0.1) is 0 Å². The van der Waals surface area contributed by atoms with E-state index in [1.807, 2.05) is 11.8 Å². The molecule has 4 nitrogen and oxygen atoms in total. The lowest BCUT2D eigenvalue weighted by atomic mass is 10.2. The Bertz CT molecular complexity index is 196. The first-order chi connectivity index (χ1) is 7.77. The molecule has 2 rings (SSSR count). The number of hydrogen-bond donors (Lipinski definition) is 3. The van der Waals surface area contributed by atoms with Crippen molar-refractivity contribution in [1.29, 1.82) is 0 Å². The molecule has 0 saturated carbocycles. The summed E-state index contributed by atoms with van der Waals surface area (Å²) in [5.41, 5.74) is 0. The summed E-state index contributed by atoms with van der Waals surface area (Å²) in [6, 6.07) is 0.815. The number of nitrogens with one attached hydrogen (secondary N) is 2. The number of unbranched alkanes of at least 4 members (excludes halogenated alkanes) is 3. The molecule has 2 saturated heterocycles. The topological polar surface area (TPSA) is 61.4 Å². The molecule has 0 radical (unpaired) electrons. The number of urea groups is 1. The summed E-state index contributed by atoms with van der Waals surface area (Å²) < 4.78 is 0. The normalized spacial score (nSPS) is 26.5. The van der Waals surface area contributed by atoms with E-state index in [2.05, 4.69) is 17.6 Å². The Labute approximate surface area is 102 Å². The molecule has 2 aliphatic heterocycles. The number of aliphatic hydroxyl groups excluding tert-OH is 1. The van der Waals surface area contributed by atoms with Crippen molar-refractivity contribution in [1.82, 2.24) is 10.6 Å². The zero-order valence-electron chi connectivity index (χ0n) is 9.87. The highest BCUT2D eigenvalue weighted by molar-refractivity contribution is 7.99. The second kappa shape index (κ2) is 7.79. The fourth-order valence-corrected chi connectivity index (χ4v) is 3.03. The standard InChI is InChI=1S/C6H14O.C5H8N2OS/c1-2-3-4-5-6-7;8-5-6-3-1-9-2-4(3)7-5/h7H,2-6H2,1H3;3-4H,1-2H2,(H2,6,7,8). The maximum atomic E-state index is 10.6. The van der Waals surface area contributed by atoms with Crippen LogP contribution in [-0.4, -0.2) is 41.3 Å². The molecule has 0 aromatic rings. The molecule has 2 atom stereocenters. The van der Waals surface area contributed by atoms with Gasteiger partial charge in [-0.3, -0.25) is 0 Å². The highest BCUT2D eigenvalue weighted by atomic mass is 32.2. The number of aliphatic hydroxyl groups is 1. The average Bonchev–Trinajstić information content (AvgIpc) is 2.79. The van der Waals surface area contributed by atoms with Crippen LogP contribution in [0.1, 0.15) is 32.6 Å². The van der Waals surface area contributed by atoms with Crippen molar-refractivity contribution in [3.8, 4) is 0 Å². The molecule has 2 heterocycles. The van der Waals surface area contributed by atoms with E-state index in [4.69, 9.17) is 5.11 Å². The lowest BCUT2D eigenvalue weighted by Gasteiger charge is -2.02. The number of carbonyl (C=O) groups excluding carboxylic acids is 1. The molecule has 0 aliphatic carbocycles. The highest BCUT2D eigenvalue weighted by Crippen LogP contribution is 2.20. The molecule has 3 N–H and O–H groups in total.